The van der Waals surface area contributed by atoms with Crippen molar-refractivity contribution in [3.8, 4) is 0 Å². The molecule has 2 aliphatic rings. The summed E-state index contributed by atoms with van der Waals surface area (Å²) in [5, 5.41) is 38.6. The molecule has 11 heteroatoms. The molecular weight excluding hydrogens is 486 g/mol. The molecule has 0 aliphatic carbocycles. The molecule has 2 saturated heterocycles. The number of hydrogen-bond donors (Lipinski definition) is 4. The zero-order chi connectivity index (χ0) is 27.3. The SMILES string of the molecule is C=C(/N=C(\c1nc(N(CCO)CCO)nc(N2CCCCC2)c1CC)N1CCCCC1)N(CCO)CCO. The Labute approximate surface area is 227 Å². The molecule has 0 amide bonds. The van der Waals surface area contributed by atoms with Gasteiger partial charge in [-0.15, -0.1) is 0 Å². The van der Waals surface area contributed by atoms with Crippen LogP contribution in [0.1, 0.15) is 56.7 Å². The lowest BCUT2D eigenvalue weighted by atomic mass is 10.0. The first kappa shape index (κ1) is 30.1. The average Bonchev–Trinajstić information content (AvgIpc) is 2.95. The summed E-state index contributed by atoms with van der Waals surface area (Å²) in [5.41, 5.74) is 1.77. The van der Waals surface area contributed by atoms with Crippen LogP contribution in [-0.2, 0) is 6.42 Å². The van der Waals surface area contributed by atoms with Gasteiger partial charge in [0.25, 0.3) is 0 Å². The molecule has 0 saturated carbocycles. The van der Waals surface area contributed by atoms with Gasteiger partial charge < -0.3 is 40.0 Å². The molecular formula is C27H47N7O4. The van der Waals surface area contributed by atoms with E-state index in [0.29, 0.717) is 37.9 Å². The number of piperidine rings is 2. The summed E-state index contributed by atoms with van der Waals surface area (Å²) in [6.07, 6.45) is 7.42. The number of aliphatic hydroxyl groups is 4. The van der Waals surface area contributed by atoms with Gasteiger partial charge in [0.2, 0.25) is 5.95 Å². The van der Waals surface area contributed by atoms with Crippen LogP contribution in [-0.4, -0.2) is 125 Å². The van der Waals surface area contributed by atoms with E-state index < -0.39 is 0 Å². The number of likely N-dealkylation sites (tertiary alicyclic amines) is 1. The van der Waals surface area contributed by atoms with Crippen LogP contribution in [0.3, 0.4) is 0 Å². The molecule has 0 unspecified atom stereocenters. The van der Waals surface area contributed by atoms with Crippen molar-refractivity contribution in [2.45, 2.75) is 51.9 Å². The molecule has 38 heavy (non-hydrogen) atoms. The van der Waals surface area contributed by atoms with Crippen molar-refractivity contribution in [2.75, 3.05) is 88.6 Å². The van der Waals surface area contributed by atoms with Gasteiger partial charge >= 0.3 is 0 Å². The number of rotatable bonds is 14. The molecule has 2 fully saturated rings. The Morgan fingerprint density at radius 2 is 1.37 bits per heavy atom. The minimum absolute atomic E-state index is 0.0676. The second kappa shape index (κ2) is 15.8. The Morgan fingerprint density at radius 1 is 0.816 bits per heavy atom. The zero-order valence-electron chi connectivity index (χ0n) is 23.1. The highest BCUT2D eigenvalue weighted by atomic mass is 16.3. The zero-order valence-corrected chi connectivity index (χ0v) is 23.1. The minimum atomic E-state index is -0.0750. The van der Waals surface area contributed by atoms with Crippen LogP contribution in [0.4, 0.5) is 11.8 Å². The van der Waals surface area contributed by atoms with E-state index in [1.165, 1.54) is 12.8 Å². The lowest BCUT2D eigenvalue weighted by Crippen LogP contribution is -2.40. The first-order chi connectivity index (χ1) is 18.6. The van der Waals surface area contributed by atoms with Crippen LogP contribution in [0.25, 0.3) is 0 Å². The topological polar surface area (TPSA) is 132 Å². The van der Waals surface area contributed by atoms with E-state index >= 15 is 0 Å². The summed E-state index contributed by atoms with van der Waals surface area (Å²) in [6, 6.07) is 0. The van der Waals surface area contributed by atoms with Crippen LogP contribution in [0.2, 0.25) is 0 Å². The van der Waals surface area contributed by atoms with Gasteiger partial charge in [0.05, 0.1) is 26.4 Å². The van der Waals surface area contributed by atoms with Crippen LogP contribution in [0.15, 0.2) is 17.4 Å². The fourth-order valence-electron chi connectivity index (χ4n) is 5.22. The van der Waals surface area contributed by atoms with Gasteiger partial charge in [-0.05, 0) is 44.9 Å². The van der Waals surface area contributed by atoms with Crippen LogP contribution < -0.4 is 9.80 Å². The summed E-state index contributed by atoms with van der Waals surface area (Å²) in [5.74, 6) is 2.56. The van der Waals surface area contributed by atoms with E-state index in [1.54, 1.807) is 4.90 Å². The predicted octanol–water partition coefficient (Wildman–Crippen LogP) is 0.811. The van der Waals surface area contributed by atoms with Crippen LogP contribution in [0.5, 0.6) is 0 Å². The Morgan fingerprint density at radius 3 is 1.89 bits per heavy atom. The maximum Gasteiger partial charge on any atom is 0.228 e. The summed E-state index contributed by atoms with van der Waals surface area (Å²) < 4.78 is 0. The normalized spacial score (nSPS) is 16.6. The number of hydrogen-bond acceptors (Lipinski definition) is 10. The molecule has 0 aromatic carbocycles. The standard InChI is InChI=1S/C27H47N7O4/c1-3-23-24(26(33-12-8-5-9-13-33)28-22(2)31(14-18-35)15-19-36)29-27(34(16-20-37)17-21-38)30-25(23)32-10-6-4-7-11-32/h35-38H,2-21H2,1H3/b28-26+. The highest BCUT2D eigenvalue weighted by Gasteiger charge is 2.28. The fourth-order valence-corrected chi connectivity index (χ4v) is 5.22. The molecule has 0 radical (unpaired) electrons. The highest BCUT2D eigenvalue weighted by molar-refractivity contribution is 6.00. The molecule has 214 valence electrons. The second-order valence-electron chi connectivity index (χ2n) is 9.84. The van der Waals surface area contributed by atoms with Crippen LogP contribution in [0, 0.1) is 0 Å². The maximum atomic E-state index is 9.73. The number of amidine groups is 1. The van der Waals surface area contributed by atoms with Gasteiger partial charge in [-0.25, -0.2) is 9.98 Å². The third-order valence-corrected chi connectivity index (χ3v) is 7.21. The quantitative estimate of drug-likeness (QED) is 0.201. The minimum Gasteiger partial charge on any atom is -0.395 e. The Bertz CT molecular complexity index is 890. The van der Waals surface area contributed by atoms with Crippen molar-refractivity contribution in [3.63, 3.8) is 0 Å². The first-order valence-corrected chi connectivity index (χ1v) is 14.2. The van der Waals surface area contributed by atoms with E-state index in [2.05, 4.69) is 23.3 Å². The van der Waals surface area contributed by atoms with Crippen molar-refractivity contribution >= 4 is 17.6 Å². The molecule has 0 atom stereocenters. The van der Waals surface area contributed by atoms with Crippen molar-refractivity contribution in [2.24, 2.45) is 4.99 Å². The van der Waals surface area contributed by atoms with Crippen molar-refractivity contribution < 1.29 is 20.4 Å². The number of nitrogens with zero attached hydrogens (tertiary/aromatic N) is 7. The highest BCUT2D eigenvalue weighted by Crippen LogP contribution is 2.29. The van der Waals surface area contributed by atoms with Gasteiger partial charge in [-0.2, -0.15) is 4.98 Å². The molecule has 3 heterocycles. The third-order valence-electron chi connectivity index (χ3n) is 7.21. The average molecular weight is 534 g/mol. The Balaban J connectivity index is 2.21. The number of aliphatic imine (C=N–C) groups is 1. The first-order valence-electron chi connectivity index (χ1n) is 14.2. The van der Waals surface area contributed by atoms with Gasteiger partial charge in [0.15, 0.2) is 5.84 Å². The maximum absolute atomic E-state index is 9.73. The summed E-state index contributed by atoms with van der Waals surface area (Å²) in [7, 11) is 0. The smallest absolute Gasteiger partial charge is 0.228 e. The lowest BCUT2D eigenvalue weighted by molar-refractivity contribution is 0.188. The number of aliphatic hydroxyl groups excluding tert-OH is 4. The summed E-state index contributed by atoms with van der Waals surface area (Å²) >= 11 is 0. The van der Waals surface area contributed by atoms with Gasteiger partial charge in [-0.1, -0.05) is 13.5 Å². The predicted molar refractivity (Wildman–Crippen MR) is 151 cm³/mol. The summed E-state index contributed by atoms with van der Waals surface area (Å²) in [4.78, 5) is 23.3. The lowest BCUT2D eigenvalue weighted by Gasteiger charge is -2.34. The van der Waals surface area contributed by atoms with E-state index in [1.807, 2.05) is 4.90 Å². The summed E-state index contributed by atoms with van der Waals surface area (Å²) in [6.45, 7) is 10.9. The second-order valence-corrected chi connectivity index (χ2v) is 9.84. The van der Waals surface area contributed by atoms with Crippen molar-refractivity contribution in [1.29, 1.82) is 0 Å². The molecule has 0 bridgehead atoms. The third kappa shape index (κ3) is 7.78. The largest absolute Gasteiger partial charge is 0.395 e. The molecule has 0 spiro atoms. The van der Waals surface area contributed by atoms with Gasteiger partial charge in [0, 0.05) is 57.9 Å². The van der Waals surface area contributed by atoms with Crippen LogP contribution >= 0.6 is 0 Å². The van der Waals surface area contributed by atoms with E-state index in [4.69, 9.17) is 15.0 Å². The Hall–Kier alpha value is -2.47. The van der Waals surface area contributed by atoms with Gasteiger partial charge in [-0.3, -0.25) is 0 Å². The van der Waals surface area contributed by atoms with E-state index in [9.17, 15) is 20.4 Å². The van der Waals surface area contributed by atoms with E-state index in [0.717, 1.165) is 81.2 Å². The van der Waals surface area contributed by atoms with Crippen molar-refractivity contribution in [3.05, 3.63) is 23.7 Å². The number of aromatic nitrogens is 2. The fraction of sp³-hybridized carbons (Fsp3) is 0.741. The molecule has 4 N–H and O–H groups in total. The molecule has 3 rings (SSSR count). The number of anilines is 2. The molecule has 11 nitrogen and oxygen atoms in total. The monoisotopic (exact) mass is 533 g/mol. The molecule has 2 aliphatic heterocycles. The molecule has 1 aromatic heterocycles. The van der Waals surface area contributed by atoms with E-state index in [-0.39, 0.29) is 26.4 Å². The van der Waals surface area contributed by atoms with Crippen molar-refractivity contribution in [1.82, 2.24) is 19.8 Å². The Kier molecular flexibility index (Phi) is 12.5. The molecule has 1 aromatic rings. The van der Waals surface area contributed by atoms with Gasteiger partial charge in [0.1, 0.15) is 17.3 Å².